The van der Waals surface area contributed by atoms with Crippen LogP contribution in [-0.4, -0.2) is 31.7 Å². The van der Waals surface area contributed by atoms with Crippen LogP contribution in [0.4, 0.5) is 10.1 Å². The second-order valence-corrected chi connectivity index (χ2v) is 3.88. The largest absolute Gasteiger partial charge is 0.378 e. The third-order valence-corrected chi connectivity index (χ3v) is 2.59. The fraction of sp³-hybridized carbons (Fsp3) is 0.333. The molecule has 0 spiro atoms. The van der Waals surface area contributed by atoms with Gasteiger partial charge in [-0.25, -0.2) is 4.39 Å². The maximum atomic E-state index is 13.5. The first-order valence-electron chi connectivity index (χ1n) is 5.52. The zero-order valence-electron chi connectivity index (χ0n) is 9.57. The number of nitriles is 1. The third-order valence-electron chi connectivity index (χ3n) is 2.59. The Morgan fingerprint density at radius 2 is 2.44 bits per heavy atom. The van der Waals surface area contributed by atoms with Crippen molar-refractivity contribution >= 4 is 11.6 Å². The number of nitrogens with one attached hydrogen (secondary N) is 2. The standard InChI is InChI=1S/C12H12FN3O2/c13-9-5-8(6-14)1-2-10(9)16-12(17)11-7-18-4-3-15-11/h1-2,5,11,15H,3-4,7H2,(H,16,17). The molecule has 6 heteroatoms. The number of amides is 1. The summed E-state index contributed by atoms with van der Waals surface area (Å²) in [5.41, 5.74) is 0.274. The van der Waals surface area contributed by atoms with Crippen LogP contribution in [0, 0.1) is 17.1 Å². The van der Waals surface area contributed by atoms with Crippen LogP contribution in [0.2, 0.25) is 0 Å². The van der Waals surface area contributed by atoms with Gasteiger partial charge in [0.25, 0.3) is 0 Å². The molecule has 0 aromatic heterocycles. The first kappa shape index (κ1) is 12.5. The number of rotatable bonds is 2. The van der Waals surface area contributed by atoms with Crippen molar-refractivity contribution in [1.82, 2.24) is 5.32 Å². The SMILES string of the molecule is N#Cc1ccc(NC(=O)C2COCCN2)c(F)c1. The topological polar surface area (TPSA) is 74.2 Å². The number of halogens is 1. The van der Waals surface area contributed by atoms with Gasteiger partial charge in [0.05, 0.1) is 30.5 Å². The summed E-state index contributed by atoms with van der Waals surface area (Å²) in [5, 5.41) is 14.0. The second-order valence-electron chi connectivity index (χ2n) is 3.88. The Morgan fingerprint density at radius 3 is 3.06 bits per heavy atom. The second kappa shape index (κ2) is 5.58. The Hall–Kier alpha value is -1.97. The monoisotopic (exact) mass is 249 g/mol. The molecule has 1 aliphatic heterocycles. The summed E-state index contributed by atoms with van der Waals surface area (Å²) in [5.74, 6) is -0.975. The van der Waals surface area contributed by atoms with E-state index in [1.54, 1.807) is 0 Å². The van der Waals surface area contributed by atoms with Gasteiger partial charge in [0.1, 0.15) is 11.9 Å². The zero-order valence-corrected chi connectivity index (χ0v) is 9.57. The molecule has 1 saturated heterocycles. The van der Waals surface area contributed by atoms with Crippen LogP contribution in [0.25, 0.3) is 0 Å². The first-order chi connectivity index (χ1) is 8.70. The molecule has 1 amide bonds. The highest BCUT2D eigenvalue weighted by atomic mass is 19.1. The summed E-state index contributed by atoms with van der Waals surface area (Å²) in [7, 11) is 0. The average Bonchev–Trinajstić information content (AvgIpc) is 2.42. The highest BCUT2D eigenvalue weighted by Gasteiger charge is 2.21. The highest BCUT2D eigenvalue weighted by Crippen LogP contribution is 2.15. The molecule has 1 heterocycles. The number of morpholine rings is 1. The summed E-state index contributed by atoms with van der Waals surface area (Å²) in [6.07, 6.45) is 0. The lowest BCUT2D eigenvalue weighted by molar-refractivity contribution is -0.120. The van der Waals surface area contributed by atoms with Crippen molar-refractivity contribution in [2.24, 2.45) is 0 Å². The van der Waals surface area contributed by atoms with Crippen LogP contribution in [0.5, 0.6) is 0 Å². The fourth-order valence-corrected chi connectivity index (χ4v) is 1.64. The number of carbonyl (C=O) groups excluding carboxylic acids is 1. The predicted molar refractivity (Wildman–Crippen MR) is 62.4 cm³/mol. The quantitative estimate of drug-likeness (QED) is 0.806. The van der Waals surface area contributed by atoms with Crippen LogP contribution in [0.3, 0.4) is 0 Å². The number of nitrogens with zero attached hydrogens (tertiary/aromatic N) is 1. The number of hydrogen-bond donors (Lipinski definition) is 2. The molecule has 0 saturated carbocycles. The number of carbonyl (C=O) groups is 1. The molecule has 0 bridgehead atoms. The van der Waals surface area contributed by atoms with E-state index in [-0.39, 0.29) is 23.8 Å². The molecule has 1 aromatic carbocycles. The zero-order chi connectivity index (χ0) is 13.0. The normalized spacial score (nSPS) is 19.0. The molecule has 2 rings (SSSR count). The van der Waals surface area contributed by atoms with E-state index in [0.717, 1.165) is 6.07 Å². The van der Waals surface area contributed by atoms with E-state index in [4.69, 9.17) is 10.00 Å². The van der Waals surface area contributed by atoms with Gasteiger partial charge in [-0.05, 0) is 18.2 Å². The lowest BCUT2D eigenvalue weighted by atomic mass is 10.2. The molecular formula is C12H12FN3O2. The van der Waals surface area contributed by atoms with Gasteiger partial charge in [0.15, 0.2) is 0 Å². The van der Waals surface area contributed by atoms with Crippen molar-refractivity contribution in [1.29, 1.82) is 5.26 Å². The van der Waals surface area contributed by atoms with Crippen LogP contribution < -0.4 is 10.6 Å². The molecular weight excluding hydrogens is 237 g/mol. The Balaban J connectivity index is 2.04. The number of anilines is 1. The molecule has 1 aliphatic rings. The molecule has 5 nitrogen and oxygen atoms in total. The lowest BCUT2D eigenvalue weighted by Gasteiger charge is -2.22. The third kappa shape index (κ3) is 2.83. The van der Waals surface area contributed by atoms with Gasteiger partial charge in [-0.2, -0.15) is 5.26 Å². The Kier molecular flexibility index (Phi) is 3.87. The lowest BCUT2D eigenvalue weighted by Crippen LogP contribution is -2.48. The van der Waals surface area contributed by atoms with Crippen molar-refractivity contribution in [2.45, 2.75) is 6.04 Å². The van der Waals surface area contributed by atoms with Crippen molar-refractivity contribution in [3.63, 3.8) is 0 Å². The van der Waals surface area contributed by atoms with E-state index in [1.807, 2.05) is 6.07 Å². The molecule has 0 aliphatic carbocycles. The molecule has 1 fully saturated rings. The van der Waals surface area contributed by atoms with Gasteiger partial charge in [-0.3, -0.25) is 4.79 Å². The fourth-order valence-electron chi connectivity index (χ4n) is 1.64. The molecule has 1 aromatic rings. The van der Waals surface area contributed by atoms with Crippen molar-refractivity contribution in [3.8, 4) is 6.07 Å². The summed E-state index contributed by atoms with van der Waals surface area (Å²) >= 11 is 0. The highest BCUT2D eigenvalue weighted by molar-refractivity contribution is 5.95. The van der Waals surface area contributed by atoms with E-state index >= 15 is 0 Å². The summed E-state index contributed by atoms with van der Waals surface area (Å²) < 4.78 is 18.7. The van der Waals surface area contributed by atoms with Gasteiger partial charge >= 0.3 is 0 Å². The first-order valence-corrected chi connectivity index (χ1v) is 5.52. The van der Waals surface area contributed by atoms with E-state index < -0.39 is 11.9 Å². The van der Waals surface area contributed by atoms with Gasteiger partial charge in [0.2, 0.25) is 5.91 Å². The smallest absolute Gasteiger partial charge is 0.243 e. The molecule has 0 radical (unpaired) electrons. The average molecular weight is 249 g/mol. The van der Waals surface area contributed by atoms with Gasteiger partial charge in [0, 0.05) is 6.54 Å². The van der Waals surface area contributed by atoms with E-state index in [9.17, 15) is 9.18 Å². The molecule has 2 N–H and O–H groups in total. The van der Waals surface area contributed by atoms with Crippen molar-refractivity contribution in [3.05, 3.63) is 29.6 Å². The van der Waals surface area contributed by atoms with E-state index in [1.165, 1.54) is 12.1 Å². The van der Waals surface area contributed by atoms with Crippen molar-refractivity contribution in [2.75, 3.05) is 25.1 Å². The number of benzene rings is 1. The summed E-state index contributed by atoms with van der Waals surface area (Å²) in [6.45, 7) is 1.42. The predicted octanol–water partition coefficient (Wildman–Crippen LogP) is 0.624. The van der Waals surface area contributed by atoms with Crippen LogP contribution >= 0.6 is 0 Å². The van der Waals surface area contributed by atoms with Gasteiger partial charge in [-0.15, -0.1) is 0 Å². The Labute approximate surface area is 104 Å². The molecule has 1 unspecified atom stereocenters. The minimum atomic E-state index is -0.626. The van der Waals surface area contributed by atoms with E-state index in [0.29, 0.717) is 13.2 Å². The summed E-state index contributed by atoms with van der Waals surface area (Å²) in [6, 6.07) is 5.25. The molecule has 18 heavy (non-hydrogen) atoms. The maximum Gasteiger partial charge on any atom is 0.243 e. The Morgan fingerprint density at radius 1 is 1.61 bits per heavy atom. The summed E-state index contributed by atoms with van der Waals surface area (Å²) in [4.78, 5) is 11.8. The molecule has 94 valence electrons. The van der Waals surface area contributed by atoms with E-state index in [2.05, 4.69) is 10.6 Å². The van der Waals surface area contributed by atoms with Gasteiger partial charge < -0.3 is 15.4 Å². The minimum Gasteiger partial charge on any atom is -0.378 e. The molecule has 1 atom stereocenters. The van der Waals surface area contributed by atoms with Crippen LogP contribution in [0.15, 0.2) is 18.2 Å². The van der Waals surface area contributed by atoms with Crippen LogP contribution in [-0.2, 0) is 9.53 Å². The van der Waals surface area contributed by atoms with Crippen LogP contribution in [0.1, 0.15) is 5.56 Å². The number of ether oxygens (including phenoxy) is 1. The van der Waals surface area contributed by atoms with Gasteiger partial charge in [-0.1, -0.05) is 0 Å². The maximum absolute atomic E-state index is 13.5. The Bertz CT molecular complexity index is 493. The number of hydrogen-bond acceptors (Lipinski definition) is 4. The van der Waals surface area contributed by atoms with Crippen molar-refractivity contribution < 1.29 is 13.9 Å². The minimum absolute atomic E-state index is 0.0615.